The highest BCUT2D eigenvalue weighted by atomic mass is 16.4. The molecule has 5 rings (SSSR count). The maximum atomic E-state index is 12.7. The zero-order valence-electron chi connectivity index (χ0n) is 14.1. The minimum Gasteiger partial charge on any atom is -0.478 e. The van der Waals surface area contributed by atoms with E-state index in [1.165, 1.54) is 56.9 Å². The van der Waals surface area contributed by atoms with Crippen molar-refractivity contribution in [2.75, 3.05) is 13.6 Å². The van der Waals surface area contributed by atoms with Crippen molar-refractivity contribution in [3.05, 3.63) is 29.6 Å². The first-order valence-electron chi connectivity index (χ1n) is 8.89. The van der Waals surface area contributed by atoms with Crippen molar-refractivity contribution in [3.8, 4) is 0 Å². The van der Waals surface area contributed by atoms with Gasteiger partial charge in [0.15, 0.2) is 0 Å². The number of hydrogen-bond donors (Lipinski definition) is 1. The molecule has 4 aliphatic carbocycles. The molecule has 128 valence electrons. The Kier molecular flexibility index (Phi) is 3.62. The number of carboxylic acids is 1. The number of rotatable bonds is 4. The molecule has 0 aromatic carbocycles. The van der Waals surface area contributed by atoms with E-state index >= 15 is 0 Å². The van der Waals surface area contributed by atoms with Gasteiger partial charge in [0.2, 0.25) is 0 Å². The van der Waals surface area contributed by atoms with E-state index in [4.69, 9.17) is 5.11 Å². The molecule has 5 nitrogen and oxygen atoms in total. The van der Waals surface area contributed by atoms with E-state index in [-0.39, 0.29) is 22.6 Å². The summed E-state index contributed by atoms with van der Waals surface area (Å²) in [6, 6.07) is 2.79. The van der Waals surface area contributed by atoms with E-state index in [1.54, 1.807) is 4.90 Å². The average Bonchev–Trinajstić information content (AvgIpc) is 2.52. The number of carboxylic acid groups (broad SMARTS) is 1. The lowest BCUT2D eigenvalue weighted by atomic mass is 9.49. The summed E-state index contributed by atoms with van der Waals surface area (Å²) in [5.41, 5.74) is 0.613. The largest absolute Gasteiger partial charge is 0.478 e. The predicted molar refractivity (Wildman–Crippen MR) is 88.8 cm³/mol. The van der Waals surface area contributed by atoms with Gasteiger partial charge in [-0.15, -0.1) is 0 Å². The fraction of sp³-hybridized carbons (Fsp3) is 0.632. The van der Waals surface area contributed by atoms with Gasteiger partial charge in [0.25, 0.3) is 5.91 Å². The lowest BCUT2D eigenvalue weighted by Gasteiger charge is -2.57. The average molecular weight is 328 g/mol. The van der Waals surface area contributed by atoms with Crippen molar-refractivity contribution in [2.24, 2.45) is 23.2 Å². The van der Waals surface area contributed by atoms with Crippen LogP contribution in [0.25, 0.3) is 0 Å². The van der Waals surface area contributed by atoms with Crippen molar-refractivity contribution >= 4 is 11.9 Å². The maximum absolute atomic E-state index is 12.7. The van der Waals surface area contributed by atoms with Crippen LogP contribution in [-0.2, 0) is 0 Å². The smallest absolute Gasteiger partial charge is 0.335 e. The Labute approximate surface area is 142 Å². The van der Waals surface area contributed by atoms with Crippen LogP contribution in [0.5, 0.6) is 0 Å². The van der Waals surface area contributed by atoms with Gasteiger partial charge in [0, 0.05) is 19.8 Å². The first kappa shape index (κ1) is 15.6. The topological polar surface area (TPSA) is 70.5 Å². The zero-order valence-corrected chi connectivity index (χ0v) is 14.1. The quantitative estimate of drug-likeness (QED) is 0.922. The number of amides is 1. The van der Waals surface area contributed by atoms with Crippen LogP contribution in [0.4, 0.5) is 0 Å². The summed E-state index contributed by atoms with van der Waals surface area (Å²) in [5, 5.41) is 9.09. The molecule has 0 saturated heterocycles. The van der Waals surface area contributed by atoms with Gasteiger partial charge in [0.1, 0.15) is 5.69 Å². The summed E-state index contributed by atoms with van der Waals surface area (Å²) >= 11 is 0. The van der Waals surface area contributed by atoms with Gasteiger partial charge in [0.05, 0.1) is 5.56 Å². The Hall–Kier alpha value is -1.91. The van der Waals surface area contributed by atoms with Crippen molar-refractivity contribution in [3.63, 3.8) is 0 Å². The maximum Gasteiger partial charge on any atom is 0.335 e. The third kappa shape index (κ3) is 2.70. The lowest BCUT2D eigenvalue weighted by molar-refractivity contribution is -0.0629. The van der Waals surface area contributed by atoms with E-state index in [9.17, 15) is 9.59 Å². The van der Waals surface area contributed by atoms with E-state index in [0.29, 0.717) is 0 Å². The van der Waals surface area contributed by atoms with Gasteiger partial charge in [-0.2, -0.15) is 0 Å². The molecular formula is C19H24N2O3. The van der Waals surface area contributed by atoms with Gasteiger partial charge in [-0.1, -0.05) is 0 Å². The highest BCUT2D eigenvalue weighted by Crippen LogP contribution is 2.60. The molecule has 4 aliphatic rings. The molecule has 0 atom stereocenters. The van der Waals surface area contributed by atoms with E-state index < -0.39 is 5.97 Å². The van der Waals surface area contributed by atoms with Gasteiger partial charge in [-0.25, -0.2) is 4.79 Å². The number of carbonyl (C=O) groups excluding carboxylic acids is 1. The fourth-order valence-corrected chi connectivity index (χ4v) is 5.93. The molecule has 1 heterocycles. The molecule has 0 radical (unpaired) electrons. The molecule has 0 aliphatic heterocycles. The second-order valence-corrected chi connectivity index (χ2v) is 8.31. The number of nitrogens with zero attached hydrogens (tertiary/aromatic N) is 2. The number of aromatic carboxylic acids is 1. The molecule has 1 N–H and O–H groups in total. The van der Waals surface area contributed by atoms with E-state index in [0.717, 1.165) is 24.3 Å². The highest BCUT2D eigenvalue weighted by Gasteiger charge is 2.51. The van der Waals surface area contributed by atoms with Crippen LogP contribution in [0.2, 0.25) is 0 Å². The van der Waals surface area contributed by atoms with Crippen molar-refractivity contribution in [1.29, 1.82) is 0 Å². The molecule has 1 aromatic heterocycles. The minimum absolute atomic E-state index is 0.108. The summed E-state index contributed by atoms with van der Waals surface area (Å²) < 4.78 is 0. The molecule has 0 unspecified atom stereocenters. The first-order chi connectivity index (χ1) is 11.4. The fourth-order valence-electron chi connectivity index (χ4n) is 5.93. The Morgan fingerprint density at radius 2 is 1.79 bits per heavy atom. The van der Waals surface area contributed by atoms with Crippen LogP contribution in [0.1, 0.15) is 59.4 Å². The Morgan fingerprint density at radius 3 is 2.33 bits per heavy atom. The molecule has 4 saturated carbocycles. The minimum atomic E-state index is -1.03. The number of aromatic nitrogens is 1. The molecule has 5 heteroatoms. The van der Waals surface area contributed by atoms with E-state index in [2.05, 4.69) is 4.98 Å². The monoisotopic (exact) mass is 328 g/mol. The van der Waals surface area contributed by atoms with Crippen molar-refractivity contribution < 1.29 is 14.7 Å². The molecular weight excluding hydrogens is 304 g/mol. The normalized spacial score (nSPS) is 33.5. The van der Waals surface area contributed by atoms with Crippen LogP contribution in [0.3, 0.4) is 0 Å². The molecule has 1 amide bonds. The molecule has 24 heavy (non-hydrogen) atoms. The second kappa shape index (κ2) is 5.57. The van der Waals surface area contributed by atoms with Crippen LogP contribution in [0, 0.1) is 23.2 Å². The molecule has 0 spiro atoms. The predicted octanol–water partition coefficient (Wildman–Crippen LogP) is 3.07. The standard InChI is InChI=1S/C19H24N2O3/c1-21(17(22)16-7-15(18(23)24)2-3-20-16)11-19-8-12-4-13(9-19)6-14(5-12)10-19/h2-3,7,12-14H,4-6,8-11H2,1H3,(H,23,24). The van der Waals surface area contributed by atoms with Crippen LogP contribution in [0.15, 0.2) is 18.3 Å². The first-order valence-corrected chi connectivity index (χ1v) is 8.89. The number of carbonyl (C=O) groups is 2. The third-order valence-electron chi connectivity index (χ3n) is 6.31. The lowest BCUT2D eigenvalue weighted by Crippen LogP contribution is -2.51. The van der Waals surface area contributed by atoms with Crippen LogP contribution in [-0.4, -0.2) is 40.5 Å². The summed E-state index contributed by atoms with van der Waals surface area (Å²) in [7, 11) is 1.83. The van der Waals surface area contributed by atoms with E-state index in [1.807, 2.05) is 7.05 Å². The zero-order chi connectivity index (χ0) is 16.9. The van der Waals surface area contributed by atoms with Crippen LogP contribution < -0.4 is 0 Å². The van der Waals surface area contributed by atoms with Crippen molar-refractivity contribution in [1.82, 2.24) is 9.88 Å². The Bertz CT molecular complexity index is 650. The van der Waals surface area contributed by atoms with Gasteiger partial charge in [-0.3, -0.25) is 9.78 Å². The molecule has 1 aromatic rings. The summed E-state index contributed by atoms with van der Waals surface area (Å²) in [6.45, 7) is 0.772. The summed E-state index contributed by atoms with van der Waals surface area (Å²) in [5.74, 6) is 1.36. The molecule has 4 fully saturated rings. The van der Waals surface area contributed by atoms with Crippen LogP contribution >= 0.6 is 0 Å². The highest BCUT2D eigenvalue weighted by molar-refractivity contribution is 5.95. The Morgan fingerprint density at radius 1 is 1.21 bits per heavy atom. The van der Waals surface area contributed by atoms with Gasteiger partial charge >= 0.3 is 5.97 Å². The summed E-state index contributed by atoms with van der Waals surface area (Å²) in [4.78, 5) is 29.7. The Balaban J connectivity index is 1.50. The van der Waals surface area contributed by atoms with Gasteiger partial charge in [-0.05, 0) is 73.8 Å². The van der Waals surface area contributed by atoms with Gasteiger partial charge < -0.3 is 10.0 Å². The number of pyridine rings is 1. The second-order valence-electron chi connectivity index (χ2n) is 8.31. The van der Waals surface area contributed by atoms with Crippen molar-refractivity contribution in [2.45, 2.75) is 38.5 Å². The SMILES string of the molecule is CN(CC12CC3CC(CC(C3)C1)C2)C(=O)c1cc(C(=O)O)ccn1. The summed E-state index contributed by atoms with van der Waals surface area (Å²) in [6.07, 6.45) is 9.31. The molecule has 4 bridgehead atoms. The third-order valence-corrected chi connectivity index (χ3v) is 6.31. The number of hydrogen-bond acceptors (Lipinski definition) is 3.